The van der Waals surface area contributed by atoms with Crippen LogP contribution in [-0.2, 0) is 0 Å². The van der Waals surface area contributed by atoms with E-state index in [0.717, 1.165) is 29.9 Å². The van der Waals surface area contributed by atoms with Crippen molar-refractivity contribution >= 4 is 16.9 Å². The highest BCUT2D eigenvalue weighted by molar-refractivity contribution is 5.97. The number of amides is 1. The SMILES string of the molecule is O=C(N[C@@H]1C[C@H]2CN[C@H]1C2)c1ccc2occc2c1. The van der Waals surface area contributed by atoms with Crippen molar-refractivity contribution in [3.63, 3.8) is 0 Å². The van der Waals surface area contributed by atoms with Gasteiger partial charge in [-0.3, -0.25) is 4.79 Å². The molecule has 4 nitrogen and oxygen atoms in total. The van der Waals surface area contributed by atoms with E-state index in [1.54, 1.807) is 6.26 Å². The van der Waals surface area contributed by atoms with Crippen molar-refractivity contribution in [2.45, 2.75) is 24.9 Å². The molecule has 2 heterocycles. The second-order valence-corrected chi connectivity index (χ2v) is 5.61. The van der Waals surface area contributed by atoms with Crippen LogP contribution in [0, 0.1) is 5.92 Å². The quantitative estimate of drug-likeness (QED) is 0.863. The first-order valence-corrected chi connectivity index (χ1v) is 6.81. The van der Waals surface area contributed by atoms with Crippen molar-refractivity contribution < 1.29 is 9.21 Å². The maximum Gasteiger partial charge on any atom is 0.251 e. The molecule has 1 aliphatic carbocycles. The predicted octanol–water partition coefficient (Wildman–Crippen LogP) is 1.91. The molecular weight excluding hydrogens is 240 g/mol. The third-order valence-electron chi connectivity index (χ3n) is 4.36. The summed E-state index contributed by atoms with van der Waals surface area (Å²) < 4.78 is 5.28. The summed E-state index contributed by atoms with van der Waals surface area (Å²) in [6, 6.07) is 8.18. The molecule has 1 aromatic heterocycles. The summed E-state index contributed by atoms with van der Waals surface area (Å²) in [6.45, 7) is 1.11. The van der Waals surface area contributed by atoms with Gasteiger partial charge < -0.3 is 15.1 Å². The zero-order chi connectivity index (χ0) is 12.8. The second kappa shape index (κ2) is 4.10. The van der Waals surface area contributed by atoms with Gasteiger partial charge in [0.2, 0.25) is 0 Å². The lowest BCUT2D eigenvalue weighted by Gasteiger charge is -2.23. The first kappa shape index (κ1) is 11.1. The number of benzene rings is 1. The van der Waals surface area contributed by atoms with Crippen molar-refractivity contribution in [1.82, 2.24) is 10.6 Å². The number of piperidine rings is 1. The minimum atomic E-state index is 0.0162. The lowest BCUT2D eigenvalue weighted by molar-refractivity contribution is 0.0928. The molecule has 1 saturated carbocycles. The van der Waals surface area contributed by atoms with Gasteiger partial charge in [0.15, 0.2) is 0 Å². The zero-order valence-electron chi connectivity index (χ0n) is 10.6. The van der Waals surface area contributed by atoms with Crippen LogP contribution < -0.4 is 10.6 Å². The van der Waals surface area contributed by atoms with E-state index in [4.69, 9.17) is 4.42 Å². The van der Waals surface area contributed by atoms with Gasteiger partial charge in [-0.15, -0.1) is 0 Å². The van der Waals surface area contributed by atoms with Gasteiger partial charge in [0.25, 0.3) is 5.91 Å². The summed E-state index contributed by atoms with van der Waals surface area (Å²) in [7, 11) is 0. The Morgan fingerprint density at radius 2 is 2.26 bits per heavy atom. The van der Waals surface area contributed by atoms with Gasteiger partial charge in [0.05, 0.1) is 6.26 Å². The summed E-state index contributed by atoms with van der Waals surface area (Å²) in [4.78, 5) is 12.3. The summed E-state index contributed by atoms with van der Waals surface area (Å²) in [5, 5.41) is 7.58. The fourth-order valence-corrected chi connectivity index (χ4v) is 3.37. The van der Waals surface area contributed by atoms with Crippen LogP contribution in [0.4, 0.5) is 0 Å². The monoisotopic (exact) mass is 256 g/mol. The van der Waals surface area contributed by atoms with Crippen molar-refractivity contribution in [3.8, 4) is 0 Å². The Morgan fingerprint density at radius 3 is 3.05 bits per heavy atom. The molecule has 1 aromatic carbocycles. The van der Waals surface area contributed by atoms with Crippen LogP contribution >= 0.6 is 0 Å². The largest absolute Gasteiger partial charge is 0.464 e. The Bertz CT molecular complexity index is 634. The van der Waals surface area contributed by atoms with E-state index < -0.39 is 0 Å². The average molecular weight is 256 g/mol. The first-order valence-electron chi connectivity index (χ1n) is 6.81. The van der Waals surface area contributed by atoms with Gasteiger partial charge in [0, 0.05) is 23.0 Å². The highest BCUT2D eigenvalue weighted by atomic mass is 16.3. The van der Waals surface area contributed by atoms with Crippen molar-refractivity contribution in [1.29, 1.82) is 0 Å². The van der Waals surface area contributed by atoms with Crippen LogP contribution in [-0.4, -0.2) is 24.5 Å². The molecule has 1 saturated heterocycles. The first-order chi connectivity index (χ1) is 9.29. The lowest BCUT2D eigenvalue weighted by atomic mass is 10.1. The van der Waals surface area contributed by atoms with E-state index in [2.05, 4.69) is 10.6 Å². The number of rotatable bonds is 2. The minimum Gasteiger partial charge on any atom is -0.464 e. The fourth-order valence-electron chi connectivity index (χ4n) is 3.37. The number of carbonyl (C=O) groups is 1. The van der Waals surface area contributed by atoms with Gasteiger partial charge in [-0.25, -0.2) is 0 Å². The molecule has 2 N–H and O–H groups in total. The molecule has 0 spiro atoms. The number of hydrogen-bond donors (Lipinski definition) is 2. The van der Waals surface area contributed by atoms with E-state index in [1.165, 1.54) is 6.42 Å². The maximum absolute atomic E-state index is 12.3. The Hall–Kier alpha value is -1.81. The third kappa shape index (κ3) is 1.83. The summed E-state index contributed by atoms with van der Waals surface area (Å²) in [6.07, 6.45) is 3.95. The van der Waals surface area contributed by atoms with Crippen molar-refractivity contribution in [3.05, 3.63) is 36.1 Å². The Morgan fingerprint density at radius 1 is 1.32 bits per heavy atom. The average Bonchev–Trinajstić information content (AvgIpc) is 3.13. The van der Waals surface area contributed by atoms with E-state index in [1.807, 2.05) is 24.3 Å². The number of furan rings is 1. The van der Waals surface area contributed by atoms with Crippen molar-refractivity contribution in [2.75, 3.05) is 6.54 Å². The van der Waals surface area contributed by atoms with E-state index in [-0.39, 0.29) is 11.9 Å². The van der Waals surface area contributed by atoms with Crippen LogP contribution in [0.25, 0.3) is 11.0 Å². The van der Waals surface area contributed by atoms with Gasteiger partial charge in [-0.2, -0.15) is 0 Å². The maximum atomic E-state index is 12.3. The Kier molecular flexibility index (Phi) is 2.38. The van der Waals surface area contributed by atoms with Gasteiger partial charge >= 0.3 is 0 Å². The fraction of sp³-hybridized carbons (Fsp3) is 0.400. The number of fused-ring (bicyclic) bond motifs is 3. The molecule has 1 amide bonds. The number of hydrogen-bond acceptors (Lipinski definition) is 3. The van der Waals surface area contributed by atoms with Crippen LogP contribution in [0.5, 0.6) is 0 Å². The number of nitrogens with one attached hydrogen (secondary N) is 2. The standard InChI is InChI=1S/C15H16N2O2/c18-15(17-13-6-9-5-12(13)16-8-9)11-1-2-14-10(7-11)3-4-19-14/h1-4,7,9,12-13,16H,5-6,8H2,(H,17,18)/t9-,12-,13+/m0/s1. The van der Waals surface area contributed by atoms with Crippen LogP contribution in [0.3, 0.4) is 0 Å². The normalized spacial score (nSPS) is 28.9. The molecule has 3 atom stereocenters. The third-order valence-corrected chi connectivity index (χ3v) is 4.36. The van der Waals surface area contributed by atoms with E-state index >= 15 is 0 Å². The van der Waals surface area contributed by atoms with Crippen LogP contribution in [0.2, 0.25) is 0 Å². The summed E-state index contributed by atoms with van der Waals surface area (Å²) >= 11 is 0. The highest BCUT2D eigenvalue weighted by Crippen LogP contribution is 2.31. The molecule has 4 heteroatoms. The molecular formula is C15H16N2O2. The smallest absolute Gasteiger partial charge is 0.251 e. The number of carbonyl (C=O) groups excluding carboxylic acids is 1. The van der Waals surface area contributed by atoms with Gasteiger partial charge in [0.1, 0.15) is 5.58 Å². The molecule has 2 aromatic rings. The van der Waals surface area contributed by atoms with E-state index in [0.29, 0.717) is 11.6 Å². The Balaban J connectivity index is 1.53. The predicted molar refractivity (Wildman–Crippen MR) is 72.0 cm³/mol. The Labute approximate surface area is 111 Å². The second-order valence-electron chi connectivity index (χ2n) is 5.61. The van der Waals surface area contributed by atoms with Crippen molar-refractivity contribution in [2.24, 2.45) is 5.92 Å². The molecule has 1 aliphatic heterocycles. The van der Waals surface area contributed by atoms with Crippen LogP contribution in [0.15, 0.2) is 34.9 Å². The zero-order valence-corrected chi connectivity index (χ0v) is 10.6. The molecule has 98 valence electrons. The minimum absolute atomic E-state index is 0.0162. The van der Waals surface area contributed by atoms with Gasteiger partial charge in [-0.1, -0.05) is 0 Å². The highest BCUT2D eigenvalue weighted by Gasteiger charge is 2.39. The molecule has 2 fully saturated rings. The molecule has 2 bridgehead atoms. The molecule has 2 aliphatic rings. The van der Waals surface area contributed by atoms with Gasteiger partial charge in [-0.05, 0) is 49.6 Å². The summed E-state index contributed by atoms with van der Waals surface area (Å²) in [5.74, 6) is 0.758. The molecule has 4 rings (SSSR count). The topological polar surface area (TPSA) is 54.3 Å². The molecule has 0 radical (unpaired) electrons. The molecule has 19 heavy (non-hydrogen) atoms. The van der Waals surface area contributed by atoms with E-state index in [9.17, 15) is 4.79 Å². The summed E-state index contributed by atoms with van der Waals surface area (Å²) in [5.41, 5.74) is 1.52. The molecule has 0 unspecified atom stereocenters. The van der Waals surface area contributed by atoms with Crippen LogP contribution in [0.1, 0.15) is 23.2 Å². The lowest BCUT2D eigenvalue weighted by Crippen LogP contribution is -2.47.